The Morgan fingerprint density at radius 2 is 2.00 bits per heavy atom. The predicted octanol–water partition coefficient (Wildman–Crippen LogP) is 4.04. The highest BCUT2D eigenvalue weighted by Crippen LogP contribution is 2.38. The molecular formula is C17H15BrN2O. The fourth-order valence-corrected chi connectivity index (χ4v) is 3.84. The maximum Gasteiger partial charge on any atom is 0.251 e. The van der Waals surface area contributed by atoms with Crippen molar-refractivity contribution in [3.05, 3.63) is 57.6 Å². The van der Waals surface area contributed by atoms with Crippen molar-refractivity contribution in [3.63, 3.8) is 0 Å². The van der Waals surface area contributed by atoms with Crippen LogP contribution in [0.1, 0.15) is 29.2 Å². The summed E-state index contributed by atoms with van der Waals surface area (Å²) in [6, 6.07) is 11.9. The largest absolute Gasteiger partial charge is 0.370 e. The molecule has 0 bridgehead atoms. The number of aryl methyl sites for hydroxylation is 2. The van der Waals surface area contributed by atoms with Crippen LogP contribution in [-0.4, -0.2) is 5.91 Å². The molecule has 1 aliphatic carbocycles. The van der Waals surface area contributed by atoms with Gasteiger partial charge < -0.3 is 10.6 Å². The van der Waals surface area contributed by atoms with E-state index >= 15 is 0 Å². The van der Waals surface area contributed by atoms with Crippen molar-refractivity contribution in [2.24, 2.45) is 0 Å². The van der Waals surface area contributed by atoms with Crippen LogP contribution in [0.2, 0.25) is 0 Å². The molecule has 1 amide bonds. The maximum absolute atomic E-state index is 12.2. The highest BCUT2D eigenvalue weighted by atomic mass is 79.9. The van der Waals surface area contributed by atoms with Crippen LogP contribution in [0.15, 0.2) is 40.9 Å². The molecule has 3 nitrogen and oxygen atoms in total. The molecule has 1 unspecified atom stereocenters. The van der Waals surface area contributed by atoms with E-state index in [2.05, 4.69) is 44.8 Å². The summed E-state index contributed by atoms with van der Waals surface area (Å²) in [7, 11) is 0. The fraction of sp³-hybridized carbons (Fsp3) is 0.235. The van der Waals surface area contributed by atoms with Gasteiger partial charge in [-0.25, -0.2) is 0 Å². The highest BCUT2D eigenvalue weighted by Gasteiger charge is 2.32. The summed E-state index contributed by atoms with van der Waals surface area (Å²) < 4.78 is 0.956. The van der Waals surface area contributed by atoms with Gasteiger partial charge in [-0.05, 0) is 54.7 Å². The molecule has 2 aliphatic rings. The van der Waals surface area contributed by atoms with Crippen LogP contribution in [0.5, 0.6) is 0 Å². The molecule has 0 saturated carbocycles. The molecule has 0 saturated heterocycles. The van der Waals surface area contributed by atoms with Crippen LogP contribution in [0.4, 0.5) is 11.4 Å². The van der Waals surface area contributed by atoms with Gasteiger partial charge in [0.2, 0.25) is 0 Å². The summed E-state index contributed by atoms with van der Waals surface area (Å²) >= 11 is 3.55. The van der Waals surface area contributed by atoms with Crippen LogP contribution in [-0.2, 0) is 17.6 Å². The minimum absolute atomic E-state index is 0.00241. The third-order valence-electron chi connectivity index (χ3n) is 4.27. The summed E-state index contributed by atoms with van der Waals surface area (Å²) in [6.07, 6.45) is 3.55. The van der Waals surface area contributed by atoms with Gasteiger partial charge in [-0.3, -0.25) is 4.79 Å². The Morgan fingerprint density at radius 1 is 1.14 bits per heavy atom. The lowest BCUT2D eigenvalue weighted by Gasteiger charge is -2.15. The van der Waals surface area contributed by atoms with Crippen molar-refractivity contribution in [2.75, 3.05) is 10.6 Å². The molecule has 0 fully saturated rings. The zero-order valence-electron chi connectivity index (χ0n) is 11.4. The molecule has 106 valence electrons. The Labute approximate surface area is 131 Å². The summed E-state index contributed by atoms with van der Waals surface area (Å²) in [4.78, 5) is 12.2. The van der Waals surface area contributed by atoms with Crippen molar-refractivity contribution >= 4 is 33.2 Å². The normalized spacial score (nSPS) is 19.1. The first-order valence-electron chi connectivity index (χ1n) is 7.20. The van der Waals surface area contributed by atoms with Crippen LogP contribution < -0.4 is 10.6 Å². The fourth-order valence-electron chi connectivity index (χ4n) is 3.24. The first-order valence-corrected chi connectivity index (χ1v) is 7.99. The number of anilines is 2. The first kappa shape index (κ1) is 12.9. The molecule has 21 heavy (non-hydrogen) atoms. The molecule has 2 N–H and O–H groups in total. The quantitative estimate of drug-likeness (QED) is 0.864. The Balaban J connectivity index is 1.68. The zero-order chi connectivity index (χ0) is 14.4. The molecule has 2 aromatic carbocycles. The van der Waals surface area contributed by atoms with E-state index in [0.29, 0.717) is 0 Å². The highest BCUT2D eigenvalue weighted by molar-refractivity contribution is 9.10. The number of halogens is 1. The van der Waals surface area contributed by atoms with Gasteiger partial charge in [0, 0.05) is 21.4 Å². The molecule has 2 aromatic rings. The molecule has 0 radical (unpaired) electrons. The van der Waals surface area contributed by atoms with Gasteiger partial charge in [-0.15, -0.1) is 0 Å². The lowest BCUT2D eigenvalue weighted by Crippen LogP contribution is -2.20. The van der Waals surface area contributed by atoms with E-state index in [1.165, 1.54) is 24.0 Å². The Kier molecular flexibility index (Phi) is 3.00. The number of carbonyl (C=O) groups is 1. The minimum Gasteiger partial charge on any atom is -0.370 e. The summed E-state index contributed by atoms with van der Waals surface area (Å²) in [5, 5.41) is 6.30. The monoisotopic (exact) mass is 342 g/mol. The number of hydrogen-bond donors (Lipinski definition) is 2. The number of carbonyl (C=O) groups excluding carboxylic acids is 1. The van der Waals surface area contributed by atoms with Crippen LogP contribution in [0.3, 0.4) is 0 Å². The van der Waals surface area contributed by atoms with Gasteiger partial charge in [-0.1, -0.05) is 28.1 Å². The number of rotatable bonds is 2. The standard InChI is InChI=1S/C17H15BrN2O/c18-13-5-2-6-14-15(13)16(17(21)20-14)19-12-8-7-10-3-1-4-11(10)9-12/h2,5-9,16,19H,1,3-4H2,(H,20,21). The number of nitrogens with one attached hydrogen (secondary N) is 2. The molecule has 1 heterocycles. The second kappa shape index (κ2) is 4.88. The Bertz CT molecular complexity index is 742. The van der Waals surface area contributed by atoms with Crippen molar-refractivity contribution in [1.82, 2.24) is 0 Å². The topological polar surface area (TPSA) is 41.1 Å². The smallest absolute Gasteiger partial charge is 0.251 e. The Hall–Kier alpha value is -1.81. The number of amides is 1. The molecular weight excluding hydrogens is 328 g/mol. The summed E-state index contributed by atoms with van der Waals surface area (Å²) in [6.45, 7) is 0. The van der Waals surface area contributed by atoms with E-state index in [1.54, 1.807) is 0 Å². The van der Waals surface area contributed by atoms with Gasteiger partial charge in [-0.2, -0.15) is 0 Å². The van der Waals surface area contributed by atoms with E-state index in [1.807, 2.05) is 18.2 Å². The molecule has 0 aromatic heterocycles. The maximum atomic E-state index is 12.2. The SMILES string of the molecule is O=C1Nc2cccc(Br)c2C1Nc1ccc2c(c1)CCC2. The Morgan fingerprint density at radius 3 is 2.90 bits per heavy atom. The van der Waals surface area contributed by atoms with Gasteiger partial charge in [0.1, 0.15) is 6.04 Å². The number of benzene rings is 2. The molecule has 1 aliphatic heterocycles. The van der Waals surface area contributed by atoms with E-state index in [-0.39, 0.29) is 11.9 Å². The second-order valence-corrected chi connectivity index (χ2v) is 6.46. The van der Waals surface area contributed by atoms with Crippen molar-refractivity contribution in [3.8, 4) is 0 Å². The van der Waals surface area contributed by atoms with Gasteiger partial charge in [0.15, 0.2) is 0 Å². The first-order chi connectivity index (χ1) is 10.2. The van der Waals surface area contributed by atoms with Gasteiger partial charge in [0.05, 0.1) is 0 Å². The van der Waals surface area contributed by atoms with E-state index in [4.69, 9.17) is 0 Å². The minimum atomic E-state index is -0.338. The zero-order valence-corrected chi connectivity index (χ0v) is 13.0. The molecule has 1 atom stereocenters. The molecule has 4 heteroatoms. The van der Waals surface area contributed by atoms with Crippen molar-refractivity contribution in [2.45, 2.75) is 25.3 Å². The number of fused-ring (bicyclic) bond motifs is 2. The summed E-state index contributed by atoms with van der Waals surface area (Å²) in [5.74, 6) is -0.00241. The van der Waals surface area contributed by atoms with Gasteiger partial charge in [0.25, 0.3) is 5.91 Å². The second-order valence-electron chi connectivity index (χ2n) is 5.60. The molecule has 4 rings (SSSR count). The van der Waals surface area contributed by atoms with Crippen molar-refractivity contribution in [1.29, 1.82) is 0 Å². The van der Waals surface area contributed by atoms with E-state index in [0.717, 1.165) is 27.8 Å². The predicted molar refractivity (Wildman–Crippen MR) is 87.6 cm³/mol. The summed E-state index contributed by atoms with van der Waals surface area (Å²) in [5.41, 5.74) is 5.74. The van der Waals surface area contributed by atoms with Crippen LogP contribution in [0.25, 0.3) is 0 Å². The van der Waals surface area contributed by atoms with Gasteiger partial charge >= 0.3 is 0 Å². The molecule has 0 spiro atoms. The third kappa shape index (κ3) is 2.14. The third-order valence-corrected chi connectivity index (χ3v) is 4.96. The van der Waals surface area contributed by atoms with E-state index < -0.39 is 0 Å². The van der Waals surface area contributed by atoms with Crippen LogP contribution >= 0.6 is 15.9 Å². The average molecular weight is 343 g/mol. The average Bonchev–Trinajstić information content (AvgIpc) is 3.04. The number of hydrogen-bond acceptors (Lipinski definition) is 2. The van der Waals surface area contributed by atoms with Crippen LogP contribution in [0, 0.1) is 0 Å². The lowest BCUT2D eigenvalue weighted by molar-refractivity contribution is -0.116. The van der Waals surface area contributed by atoms with E-state index in [9.17, 15) is 4.79 Å². The lowest BCUT2D eigenvalue weighted by atomic mass is 10.1. The van der Waals surface area contributed by atoms with Crippen molar-refractivity contribution < 1.29 is 4.79 Å².